The molecule has 4 nitrogen and oxygen atoms in total. The SMILES string of the molecule is CCN1CC(n2cc(C(C)N)cn2)C1. The fraction of sp³-hybridized carbons (Fsp3) is 0.700. The second kappa shape index (κ2) is 3.71. The van der Waals surface area contributed by atoms with Crippen molar-refractivity contribution in [1.29, 1.82) is 0 Å². The summed E-state index contributed by atoms with van der Waals surface area (Å²) in [5, 5.41) is 4.34. The van der Waals surface area contributed by atoms with E-state index < -0.39 is 0 Å². The summed E-state index contributed by atoms with van der Waals surface area (Å²) in [6, 6.07) is 0.647. The number of likely N-dealkylation sites (N-methyl/N-ethyl adjacent to an activating group) is 1. The van der Waals surface area contributed by atoms with E-state index in [1.165, 1.54) is 0 Å². The lowest BCUT2D eigenvalue weighted by atomic mass is 10.1. The summed E-state index contributed by atoms with van der Waals surface area (Å²) >= 11 is 0. The van der Waals surface area contributed by atoms with E-state index in [9.17, 15) is 0 Å². The van der Waals surface area contributed by atoms with Gasteiger partial charge >= 0.3 is 0 Å². The Hall–Kier alpha value is -0.870. The molecule has 2 N–H and O–H groups in total. The maximum absolute atomic E-state index is 5.78. The van der Waals surface area contributed by atoms with E-state index in [-0.39, 0.29) is 6.04 Å². The molecule has 1 aliphatic rings. The molecule has 0 radical (unpaired) electrons. The van der Waals surface area contributed by atoms with Gasteiger partial charge in [-0.25, -0.2) is 0 Å². The zero-order valence-corrected chi connectivity index (χ0v) is 8.85. The lowest BCUT2D eigenvalue weighted by molar-refractivity contribution is 0.105. The van der Waals surface area contributed by atoms with E-state index in [2.05, 4.69) is 23.1 Å². The highest BCUT2D eigenvalue weighted by molar-refractivity contribution is 5.09. The first-order chi connectivity index (χ1) is 6.70. The van der Waals surface area contributed by atoms with Crippen LogP contribution in [0.5, 0.6) is 0 Å². The highest BCUT2D eigenvalue weighted by atomic mass is 15.4. The van der Waals surface area contributed by atoms with Crippen molar-refractivity contribution in [2.24, 2.45) is 5.73 Å². The summed E-state index contributed by atoms with van der Waals surface area (Å²) in [5.74, 6) is 0. The first-order valence-electron chi connectivity index (χ1n) is 5.22. The molecule has 0 bridgehead atoms. The molecule has 1 atom stereocenters. The van der Waals surface area contributed by atoms with Gasteiger partial charge in [-0.05, 0) is 13.5 Å². The van der Waals surface area contributed by atoms with Crippen LogP contribution in [0.3, 0.4) is 0 Å². The van der Waals surface area contributed by atoms with Gasteiger partial charge in [-0.2, -0.15) is 5.10 Å². The van der Waals surface area contributed by atoms with Crippen molar-refractivity contribution in [3.8, 4) is 0 Å². The van der Waals surface area contributed by atoms with Gasteiger partial charge in [0.05, 0.1) is 12.2 Å². The van der Waals surface area contributed by atoms with Gasteiger partial charge in [-0.15, -0.1) is 0 Å². The highest BCUT2D eigenvalue weighted by Gasteiger charge is 2.27. The summed E-state index contributed by atoms with van der Waals surface area (Å²) in [7, 11) is 0. The summed E-state index contributed by atoms with van der Waals surface area (Å²) < 4.78 is 2.05. The van der Waals surface area contributed by atoms with Crippen molar-refractivity contribution >= 4 is 0 Å². The van der Waals surface area contributed by atoms with Gasteiger partial charge in [-0.3, -0.25) is 9.58 Å². The van der Waals surface area contributed by atoms with Crippen LogP contribution in [-0.4, -0.2) is 34.3 Å². The minimum atomic E-state index is 0.0890. The number of hydrogen-bond acceptors (Lipinski definition) is 3. The van der Waals surface area contributed by atoms with Gasteiger partial charge in [0.2, 0.25) is 0 Å². The van der Waals surface area contributed by atoms with Crippen LogP contribution in [0.15, 0.2) is 12.4 Å². The van der Waals surface area contributed by atoms with Crippen LogP contribution in [0, 0.1) is 0 Å². The molecule has 1 aliphatic heterocycles. The van der Waals surface area contributed by atoms with Crippen LogP contribution < -0.4 is 5.73 Å². The lowest BCUT2D eigenvalue weighted by Crippen LogP contribution is -2.47. The van der Waals surface area contributed by atoms with E-state index in [0.29, 0.717) is 6.04 Å². The zero-order chi connectivity index (χ0) is 10.1. The summed E-state index contributed by atoms with van der Waals surface area (Å²) in [6.45, 7) is 7.55. The number of likely N-dealkylation sites (tertiary alicyclic amines) is 1. The third kappa shape index (κ3) is 1.67. The predicted molar refractivity (Wildman–Crippen MR) is 56.0 cm³/mol. The summed E-state index contributed by atoms with van der Waals surface area (Å²) in [4.78, 5) is 2.40. The topological polar surface area (TPSA) is 47.1 Å². The maximum atomic E-state index is 5.78. The van der Waals surface area contributed by atoms with E-state index >= 15 is 0 Å². The van der Waals surface area contributed by atoms with E-state index in [1.807, 2.05) is 17.8 Å². The van der Waals surface area contributed by atoms with Gasteiger partial charge in [0.1, 0.15) is 0 Å². The molecule has 0 spiro atoms. The molecule has 1 aromatic rings. The van der Waals surface area contributed by atoms with Gasteiger partial charge < -0.3 is 5.73 Å². The number of rotatable bonds is 3. The number of nitrogens with zero attached hydrogens (tertiary/aromatic N) is 3. The molecule has 14 heavy (non-hydrogen) atoms. The third-order valence-corrected chi connectivity index (χ3v) is 2.91. The predicted octanol–water partition coefficient (Wildman–Crippen LogP) is 0.779. The molecule has 4 heteroatoms. The van der Waals surface area contributed by atoms with Gasteiger partial charge in [-0.1, -0.05) is 6.92 Å². The molecule has 78 valence electrons. The van der Waals surface area contributed by atoms with E-state index in [0.717, 1.165) is 25.2 Å². The largest absolute Gasteiger partial charge is 0.324 e. The summed E-state index contributed by atoms with van der Waals surface area (Å²) in [5.41, 5.74) is 6.90. The second-order valence-corrected chi connectivity index (χ2v) is 4.05. The minimum Gasteiger partial charge on any atom is -0.324 e. The Morgan fingerprint density at radius 3 is 2.86 bits per heavy atom. The monoisotopic (exact) mass is 194 g/mol. The smallest absolute Gasteiger partial charge is 0.0772 e. The maximum Gasteiger partial charge on any atom is 0.0772 e. The Bertz CT molecular complexity index is 299. The first kappa shape index (κ1) is 9.68. The molecule has 1 unspecified atom stereocenters. The van der Waals surface area contributed by atoms with Crippen LogP contribution in [0.4, 0.5) is 0 Å². The molecular formula is C10H18N4. The zero-order valence-electron chi connectivity index (χ0n) is 8.85. The molecule has 0 saturated carbocycles. The lowest BCUT2D eigenvalue weighted by Gasteiger charge is -2.38. The molecule has 0 aliphatic carbocycles. The Labute approximate surface area is 84.7 Å². The van der Waals surface area contributed by atoms with E-state index in [1.54, 1.807) is 0 Å². The standard InChI is InChI=1S/C10H18N4/c1-3-13-6-10(7-13)14-5-9(4-12-14)8(2)11/h4-5,8,10H,3,6-7,11H2,1-2H3. The Kier molecular flexibility index (Phi) is 2.56. The minimum absolute atomic E-state index is 0.0890. The van der Waals surface area contributed by atoms with Crippen LogP contribution >= 0.6 is 0 Å². The third-order valence-electron chi connectivity index (χ3n) is 2.91. The molecule has 1 fully saturated rings. The Balaban J connectivity index is 1.98. The van der Waals surface area contributed by atoms with Gasteiger partial charge in [0.25, 0.3) is 0 Å². The Morgan fingerprint density at radius 1 is 1.64 bits per heavy atom. The molecule has 1 aromatic heterocycles. The van der Waals surface area contributed by atoms with Crippen molar-refractivity contribution in [2.75, 3.05) is 19.6 Å². The van der Waals surface area contributed by atoms with Crippen LogP contribution in [0.2, 0.25) is 0 Å². The fourth-order valence-corrected chi connectivity index (χ4v) is 1.76. The second-order valence-electron chi connectivity index (χ2n) is 4.05. The number of nitrogens with two attached hydrogens (primary N) is 1. The highest BCUT2D eigenvalue weighted by Crippen LogP contribution is 2.21. The molecule has 0 amide bonds. The molecule has 2 rings (SSSR count). The normalized spacial score (nSPS) is 20.8. The Morgan fingerprint density at radius 2 is 2.36 bits per heavy atom. The van der Waals surface area contributed by atoms with Crippen molar-refractivity contribution in [2.45, 2.75) is 25.9 Å². The molecule has 0 aromatic carbocycles. The van der Waals surface area contributed by atoms with Crippen molar-refractivity contribution in [1.82, 2.24) is 14.7 Å². The van der Waals surface area contributed by atoms with Crippen LogP contribution in [-0.2, 0) is 0 Å². The first-order valence-corrected chi connectivity index (χ1v) is 5.22. The molecule has 1 saturated heterocycles. The number of hydrogen-bond donors (Lipinski definition) is 1. The fourth-order valence-electron chi connectivity index (χ4n) is 1.76. The van der Waals surface area contributed by atoms with Crippen molar-refractivity contribution in [3.05, 3.63) is 18.0 Å². The molecule has 2 heterocycles. The van der Waals surface area contributed by atoms with Gasteiger partial charge in [0.15, 0.2) is 0 Å². The van der Waals surface area contributed by atoms with Gasteiger partial charge in [0, 0.05) is 30.9 Å². The number of aromatic nitrogens is 2. The van der Waals surface area contributed by atoms with Crippen LogP contribution in [0.1, 0.15) is 31.5 Å². The van der Waals surface area contributed by atoms with Crippen LogP contribution in [0.25, 0.3) is 0 Å². The van der Waals surface area contributed by atoms with Crippen molar-refractivity contribution in [3.63, 3.8) is 0 Å². The molecular weight excluding hydrogens is 176 g/mol. The van der Waals surface area contributed by atoms with E-state index in [4.69, 9.17) is 5.73 Å². The quantitative estimate of drug-likeness (QED) is 0.773. The average Bonchev–Trinajstić information content (AvgIpc) is 2.51. The average molecular weight is 194 g/mol. The van der Waals surface area contributed by atoms with Crippen molar-refractivity contribution < 1.29 is 0 Å². The summed E-state index contributed by atoms with van der Waals surface area (Å²) in [6.07, 6.45) is 3.95.